The van der Waals surface area contributed by atoms with Crippen LogP contribution in [0.1, 0.15) is 33.3 Å². The lowest BCUT2D eigenvalue weighted by molar-refractivity contribution is -0.145. The molecule has 1 aromatic heterocycles. The topological polar surface area (TPSA) is 65.8 Å². The van der Waals surface area contributed by atoms with Crippen molar-refractivity contribution in [2.24, 2.45) is 12.0 Å². The summed E-state index contributed by atoms with van der Waals surface area (Å²) in [6.07, 6.45) is 3.79. The van der Waals surface area contributed by atoms with Crippen molar-refractivity contribution in [3.05, 3.63) is 18.0 Å². The zero-order valence-corrected chi connectivity index (χ0v) is 15.0. The molecule has 1 fully saturated rings. The molecule has 0 bridgehead atoms. The molecule has 1 amide bonds. The van der Waals surface area contributed by atoms with Gasteiger partial charge in [0.15, 0.2) is 5.96 Å². The van der Waals surface area contributed by atoms with Gasteiger partial charge in [0.25, 0.3) is 0 Å². The van der Waals surface area contributed by atoms with E-state index in [1.165, 1.54) is 0 Å². The van der Waals surface area contributed by atoms with E-state index in [2.05, 4.69) is 43.1 Å². The van der Waals surface area contributed by atoms with Gasteiger partial charge in [0, 0.05) is 45.0 Å². The van der Waals surface area contributed by atoms with Crippen molar-refractivity contribution in [1.82, 2.24) is 24.9 Å². The zero-order chi connectivity index (χ0) is 17.2. The molecule has 2 heterocycles. The highest BCUT2D eigenvalue weighted by molar-refractivity contribution is 5.88. The summed E-state index contributed by atoms with van der Waals surface area (Å²) in [7, 11) is 3.64. The van der Waals surface area contributed by atoms with Crippen LogP contribution in [-0.2, 0) is 18.4 Å². The Labute approximate surface area is 138 Å². The van der Waals surface area contributed by atoms with E-state index < -0.39 is 0 Å². The number of amides is 1. The summed E-state index contributed by atoms with van der Waals surface area (Å²) in [4.78, 5) is 20.9. The average Bonchev–Trinajstić information content (AvgIpc) is 2.82. The molecule has 128 valence electrons. The number of aryl methyl sites for hydroxylation is 1. The third kappa shape index (κ3) is 3.83. The Morgan fingerprint density at radius 1 is 1.48 bits per heavy atom. The Morgan fingerprint density at radius 2 is 2.17 bits per heavy atom. The Morgan fingerprint density at radius 3 is 2.65 bits per heavy atom. The molecule has 23 heavy (non-hydrogen) atoms. The van der Waals surface area contributed by atoms with Crippen molar-refractivity contribution >= 4 is 11.9 Å². The molecule has 7 nitrogen and oxygen atoms in total. The van der Waals surface area contributed by atoms with Crippen LogP contribution >= 0.6 is 0 Å². The number of hydrogen-bond donors (Lipinski definition) is 1. The lowest BCUT2D eigenvalue weighted by Crippen LogP contribution is -2.66. The van der Waals surface area contributed by atoms with Gasteiger partial charge < -0.3 is 15.1 Å². The van der Waals surface area contributed by atoms with Gasteiger partial charge in [0.05, 0.1) is 18.3 Å². The number of nitrogens with one attached hydrogen (secondary N) is 1. The maximum Gasteiger partial charge on any atom is 0.242 e. The fraction of sp³-hybridized carbons (Fsp3) is 0.688. The average molecular weight is 320 g/mol. The van der Waals surface area contributed by atoms with Crippen LogP contribution in [-0.4, -0.2) is 63.2 Å². The minimum absolute atomic E-state index is 0.139. The van der Waals surface area contributed by atoms with E-state index in [0.29, 0.717) is 13.1 Å². The molecule has 1 aliphatic heterocycles. The maximum absolute atomic E-state index is 12.5. The first-order valence-electron chi connectivity index (χ1n) is 8.00. The lowest BCUT2D eigenvalue weighted by Gasteiger charge is -2.49. The van der Waals surface area contributed by atoms with Gasteiger partial charge in [-0.3, -0.25) is 14.5 Å². The Hall–Kier alpha value is -2.05. The summed E-state index contributed by atoms with van der Waals surface area (Å²) >= 11 is 0. The highest BCUT2D eigenvalue weighted by Gasteiger charge is 2.40. The van der Waals surface area contributed by atoms with E-state index in [9.17, 15) is 4.79 Å². The van der Waals surface area contributed by atoms with E-state index in [4.69, 9.17) is 0 Å². The molecular weight excluding hydrogens is 292 g/mol. The van der Waals surface area contributed by atoms with Crippen LogP contribution in [0.3, 0.4) is 0 Å². The highest BCUT2D eigenvalue weighted by atomic mass is 16.2. The molecule has 7 heteroatoms. The van der Waals surface area contributed by atoms with Crippen LogP contribution in [0.2, 0.25) is 0 Å². The molecule has 1 aromatic rings. The monoisotopic (exact) mass is 320 g/mol. The van der Waals surface area contributed by atoms with Crippen molar-refractivity contribution in [3.63, 3.8) is 0 Å². The molecule has 0 radical (unpaired) electrons. The number of aromatic nitrogens is 2. The number of guanidine groups is 1. The van der Waals surface area contributed by atoms with Gasteiger partial charge in [-0.2, -0.15) is 5.10 Å². The second-order valence-electron chi connectivity index (χ2n) is 6.95. The first-order valence-corrected chi connectivity index (χ1v) is 8.00. The highest BCUT2D eigenvalue weighted by Crippen LogP contribution is 2.24. The zero-order valence-electron chi connectivity index (χ0n) is 15.0. The number of carbonyl (C=O) groups excluding carboxylic acids is 1. The summed E-state index contributed by atoms with van der Waals surface area (Å²) in [5.41, 5.74) is 0.857. The van der Waals surface area contributed by atoms with Crippen LogP contribution in [0.4, 0.5) is 0 Å². The van der Waals surface area contributed by atoms with Gasteiger partial charge in [0.2, 0.25) is 5.91 Å². The third-order valence-corrected chi connectivity index (χ3v) is 4.06. The molecule has 0 spiro atoms. The summed E-state index contributed by atoms with van der Waals surface area (Å²) in [6.45, 7) is 10.1. The van der Waals surface area contributed by atoms with Crippen LogP contribution in [0.5, 0.6) is 0 Å². The molecule has 0 unspecified atom stereocenters. The summed E-state index contributed by atoms with van der Waals surface area (Å²) in [6, 6.07) is 0.199. The van der Waals surface area contributed by atoms with Gasteiger partial charge in [0.1, 0.15) is 0 Å². The fourth-order valence-electron chi connectivity index (χ4n) is 3.39. The van der Waals surface area contributed by atoms with Crippen LogP contribution in [0.25, 0.3) is 0 Å². The summed E-state index contributed by atoms with van der Waals surface area (Å²) in [5.74, 6) is 0.888. The molecule has 1 aliphatic rings. The van der Waals surface area contributed by atoms with Gasteiger partial charge in [-0.05, 0) is 27.7 Å². The smallest absolute Gasteiger partial charge is 0.242 e. The molecular formula is C16H28N6O. The standard InChI is InChI=1S/C16H28N6O/c1-12(2)22-14(23)10-21(11-16(22,3)4)15(17-5)18-7-13-8-19-20(6)9-13/h8-9,12H,7,10-11H2,1-6H3,(H,17,18). The van der Waals surface area contributed by atoms with E-state index in [-0.39, 0.29) is 17.5 Å². The van der Waals surface area contributed by atoms with E-state index in [0.717, 1.165) is 18.1 Å². The maximum atomic E-state index is 12.5. The van der Waals surface area contributed by atoms with Crippen LogP contribution in [0.15, 0.2) is 17.4 Å². The predicted molar refractivity (Wildman–Crippen MR) is 91.0 cm³/mol. The Kier molecular flexibility index (Phi) is 4.97. The number of rotatable bonds is 3. The first-order chi connectivity index (χ1) is 10.7. The van der Waals surface area contributed by atoms with Gasteiger partial charge in [-0.25, -0.2) is 0 Å². The molecule has 0 aromatic carbocycles. The van der Waals surface area contributed by atoms with E-state index in [1.54, 1.807) is 11.7 Å². The molecule has 0 aliphatic carbocycles. The largest absolute Gasteiger partial charge is 0.352 e. The van der Waals surface area contributed by atoms with Gasteiger partial charge in [-0.15, -0.1) is 0 Å². The Bertz CT molecular complexity index is 589. The number of nitrogens with zero attached hydrogens (tertiary/aromatic N) is 5. The second-order valence-corrected chi connectivity index (χ2v) is 6.95. The quantitative estimate of drug-likeness (QED) is 0.662. The molecule has 1 N–H and O–H groups in total. The molecule has 1 saturated heterocycles. The predicted octanol–water partition coefficient (Wildman–Crippen LogP) is 0.827. The van der Waals surface area contributed by atoms with Crippen molar-refractivity contribution < 1.29 is 4.79 Å². The third-order valence-electron chi connectivity index (χ3n) is 4.06. The molecule has 0 atom stereocenters. The minimum atomic E-state index is -0.227. The van der Waals surface area contributed by atoms with Crippen molar-refractivity contribution in [2.45, 2.75) is 45.8 Å². The molecule has 0 saturated carbocycles. The second kappa shape index (κ2) is 6.60. The number of carbonyl (C=O) groups is 1. The van der Waals surface area contributed by atoms with Crippen LogP contribution in [0, 0.1) is 0 Å². The number of aliphatic imine (C=N–C) groups is 1. The first kappa shape index (κ1) is 17.3. The SMILES string of the molecule is CN=C(NCc1cnn(C)c1)N1CC(=O)N(C(C)C)C(C)(C)C1. The molecule has 2 rings (SSSR count). The Balaban J connectivity index is 2.06. The van der Waals surface area contributed by atoms with Crippen LogP contribution < -0.4 is 5.32 Å². The summed E-state index contributed by atoms with van der Waals surface area (Å²) in [5, 5.41) is 7.48. The van der Waals surface area contributed by atoms with E-state index >= 15 is 0 Å². The van der Waals surface area contributed by atoms with Crippen molar-refractivity contribution in [1.29, 1.82) is 0 Å². The number of hydrogen-bond acceptors (Lipinski definition) is 3. The lowest BCUT2D eigenvalue weighted by atomic mass is 9.96. The minimum Gasteiger partial charge on any atom is -0.352 e. The van der Waals surface area contributed by atoms with E-state index in [1.807, 2.05) is 29.2 Å². The van der Waals surface area contributed by atoms with Gasteiger partial charge >= 0.3 is 0 Å². The fourth-order valence-corrected chi connectivity index (χ4v) is 3.39. The van der Waals surface area contributed by atoms with Crippen molar-refractivity contribution in [3.8, 4) is 0 Å². The van der Waals surface area contributed by atoms with Gasteiger partial charge in [-0.1, -0.05) is 0 Å². The normalized spacial score (nSPS) is 18.7. The number of piperazine rings is 1. The van der Waals surface area contributed by atoms with Crippen molar-refractivity contribution in [2.75, 3.05) is 20.1 Å². The summed E-state index contributed by atoms with van der Waals surface area (Å²) < 4.78 is 1.77.